The molecule has 0 bridgehead atoms. The van der Waals surface area contributed by atoms with Crippen LogP contribution in [-0.4, -0.2) is 31.8 Å². The predicted octanol–water partition coefficient (Wildman–Crippen LogP) is -1.28. The van der Waals surface area contributed by atoms with Crippen LogP contribution >= 0.6 is 11.8 Å². The smallest absolute Gasteiger partial charge is 0.367 e. The zero-order valence-electron chi connectivity index (χ0n) is 11.9. The van der Waals surface area contributed by atoms with Gasteiger partial charge in [0, 0.05) is 9.90 Å². The van der Waals surface area contributed by atoms with Crippen molar-refractivity contribution in [3.63, 3.8) is 0 Å². The number of thioether (sulfide) groups is 1. The fourth-order valence-electron chi connectivity index (χ4n) is 1.91. The lowest BCUT2D eigenvalue weighted by Crippen LogP contribution is -3.00. The average molecular weight is 349 g/mol. The number of tetrazole rings is 1. The van der Waals surface area contributed by atoms with Crippen LogP contribution in [0.4, 0.5) is 0 Å². The monoisotopic (exact) mass is 348 g/mol. The summed E-state index contributed by atoms with van der Waals surface area (Å²) in [5, 5.41) is 18.0. The standard InChI is InChI=1S/C15H12N4O2S.ClH/c20-14(21)11-22-15-16-18(12-7-3-1-4-8-12)19(17-15)13-9-5-2-6-10-13;/h1-10H,11H2;1H. The minimum Gasteiger partial charge on any atom is -1.00 e. The largest absolute Gasteiger partial charge is 1.00 e. The molecule has 8 heteroatoms. The highest BCUT2D eigenvalue weighted by Gasteiger charge is 2.22. The molecule has 0 aliphatic rings. The van der Waals surface area contributed by atoms with Crippen molar-refractivity contribution in [1.82, 2.24) is 15.0 Å². The van der Waals surface area contributed by atoms with E-state index in [0.717, 1.165) is 23.1 Å². The zero-order chi connectivity index (χ0) is 15.4. The third-order valence-electron chi connectivity index (χ3n) is 2.84. The summed E-state index contributed by atoms with van der Waals surface area (Å²) in [7, 11) is 0. The number of hydrogen-bond acceptors (Lipinski definition) is 4. The highest BCUT2D eigenvalue weighted by Crippen LogP contribution is 2.13. The number of para-hydroxylation sites is 2. The first-order valence-electron chi connectivity index (χ1n) is 6.59. The van der Waals surface area contributed by atoms with Gasteiger partial charge in [-0.15, -0.1) is 0 Å². The van der Waals surface area contributed by atoms with Gasteiger partial charge in [-0.3, -0.25) is 4.79 Å². The van der Waals surface area contributed by atoms with Crippen molar-refractivity contribution < 1.29 is 27.1 Å². The molecule has 0 amide bonds. The maximum atomic E-state index is 10.7. The summed E-state index contributed by atoms with van der Waals surface area (Å²) in [4.78, 5) is 14.0. The van der Waals surface area contributed by atoms with Crippen molar-refractivity contribution in [2.45, 2.75) is 5.16 Å². The molecule has 0 unspecified atom stereocenters. The second-order valence-corrected chi connectivity index (χ2v) is 5.36. The van der Waals surface area contributed by atoms with Gasteiger partial charge in [0.25, 0.3) is 0 Å². The molecule has 2 aromatic carbocycles. The lowest BCUT2D eigenvalue weighted by atomic mass is 10.3. The Morgan fingerprint density at radius 3 is 2.30 bits per heavy atom. The number of nitrogens with zero attached hydrogens (tertiary/aromatic N) is 4. The van der Waals surface area contributed by atoms with Crippen LogP contribution in [0.25, 0.3) is 11.4 Å². The van der Waals surface area contributed by atoms with Gasteiger partial charge in [0.1, 0.15) is 11.4 Å². The summed E-state index contributed by atoms with van der Waals surface area (Å²) in [5.74, 6) is -0.972. The van der Waals surface area contributed by atoms with Gasteiger partial charge in [-0.05, 0) is 40.8 Å². The van der Waals surface area contributed by atoms with Gasteiger partial charge in [0.15, 0.2) is 5.69 Å². The summed E-state index contributed by atoms with van der Waals surface area (Å²) < 4.78 is 0. The summed E-state index contributed by atoms with van der Waals surface area (Å²) in [5.41, 5.74) is 1.70. The lowest BCUT2D eigenvalue weighted by molar-refractivity contribution is -0.736. The van der Waals surface area contributed by atoms with Crippen molar-refractivity contribution in [2.24, 2.45) is 0 Å². The van der Waals surface area contributed by atoms with Crippen LogP contribution in [0.2, 0.25) is 0 Å². The summed E-state index contributed by atoms with van der Waals surface area (Å²) in [6.45, 7) is 0. The summed E-state index contributed by atoms with van der Waals surface area (Å²) in [6.07, 6.45) is 0. The van der Waals surface area contributed by atoms with Crippen molar-refractivity contribution in [2.75, 3.05) is 5.75 Å². The van der Waals surface area contributed by atoms with Gasteiger partial charge in [-0.1, -0.05) is 36.4 Å². The number of aliphatic carboxylic acids is 1. The minimum absolute atomic E-state index is 0. The first-order valence-corrected chi connectivity index (χ1v) is 7.58. The molecule has 0 radical (unpaired) electrons. The second kappa shape index (κ2) is 7.75. The molecule has 0 aliphatic carbocycles. The van der Waals surface area contributed by atoms with E-state index in [1.807, 2.05) is 60.7 Å². The Bertz CT molecular complexity index is 724. The highest BCUT2D eigenvalue weighted by atomic mass is 35.5. The second-order valence-electron chi connectivity index (χ2n) is 4.41. The van der Waals surface area contributed by atoms with Crippen LogP contribution in [0.1, 0.15) is 0 Å². The molecule has 118 valence electrons. The maximum Gasteiger partial charge on any atom is 0.367 e. The predicted molar refractivity (Wildman–Crippen MR) is 81.3 cm³/mol. The lowest BCUT2D eigenvalue weighted by Gasteiger charge is -1.98. The SMILES string of the molecule is O=C(O)CSc1nn(-c2ccccc2)[n+](-c2ccccc2)n1.[Cl-]. The molecular formula is C15H13ClN4O2S. The number of benzene rings is 2. The Morgan fingerprint density at radius 1 is 1.09 bits per heavy atom. The fourth-order valence-corrected chi connectivity index (χ4v) is 2.43. The van der Waals surface area contributed by atoms with Crippen molar-refractivity contribution >= 4 is 17.7 Å². The Balaban J connectivity index is 0.00000192. The van der Waals surface area contributed by atoms with Gasteiger partial charge in [0.05, 0.1) is 5.10 Å². The Kier molecular flexibility index (Phi) is 5.72. The van der Waals surface area contributed by atoms with Crippen LogP contribution in [-0.2, 0) is 4.79 Å². The maximum absolute atomic E-state index is 10.7. The van der Waals surface area contributed by atoms with Gasteiger partial charge < -0.3 is 17.5 Å². The van der Waals surface area contributed by atoms with Crippen LogP contribution in [0.3, 0.4) is 0 Å². The van der Waals surface area contributed by atoms with E-state index in [1.165, 1.54) is 0 Å². The van der Waals surface area contributed by atoms with E-state index in [2.05, 4.69) is 10.2 Å². The van der Waals surface area contributed by atoms with Crippen molar-refractivity contribution in [3.8, 4) is 11.4 Å². The third-order valence-corrected chi connectivity index (χ3v) is 3.65. The van der Waals surface area contributed by atoms with E-state index in [-0.39, 0.29) is 18.2 Å². The average Bonchev–Trinajstić information content (AvgIpc) is 2.99. The molecule has 0 spiro atoms. The number of carboxylic acids is 1. The number of halogens is 1. The topological polar surface area (TPSA) is 71.9 Å². The molecule has 0 aliphatic heterocycles. The van der Waals surface area contributed by atoms with E-state index in [9.17, 15) is 4.79 Å². The van der Waals surface area contributed by atoms with Gasteiger partial charge in [-0.25, -0.2) is 0 Å². The van der Waals surface area contributed by atoms with Crippen molar-refractivity contribution in [1.29, 1.82) is 0 Å². The number of aromatic nitrogens is 4. The number of carboxylic acid groups (broad SMARTS) is 1. The fraction of sp³-hybridized carbons (Fsp3) is 0.0667. The van der Waals surface area contributed by atoms with E-state index in [0.29, 0.717) is 5.16 Å². The van der Waals surface area contributed by atoms with Crippen LogP contribution in [0.5, 0.6) is 0 Å². The highest BCUT2D eigenvalue weighted by molar-refractivity contribution is 7.99. The number of carbonyl (C=O) groups is 1. The van der Waals surface area contributed by atoms with E-state index >= 15 is 0 Å². The van der Waals surface area contributed by atoms with Crippen LogP contribution in [0.15, 0.2) is 65.8 Å². The van der Waals surface area contributed by atoms with Crippen LogP contribution in [0, 0.1) is 0 Å². The summed E-state index contributed by atoms with van der Waals surface area (Å²) in [6, 6.07) is 19.2. The Labute approximate surface area is 143 Å². The van der Waals surface area contributed by atoms with Crippen molar-refractivity contribution in [3.05, 3.63) is 60.7 Å². The molecule has 1 heterocycles. The van der Waals surface area contributed by atoms with Gasteiger partial charge in [0.2, 0.25) is 0 Å². The molecule has 23 heavy (non-hydrogen) atoms. The normalized spacial score (nSPS) is 10.1. The first-order chi connectivity index (χ1) is 10.7. The third kappa shape index (κ3) is 4.08. The molecule has 0 atom stereocenters. The van der Waals surface area contributed by atoms with E-state index in [4.69, 9.17) is 5.11 Å². The van der Waals surface area contributed by atoms with Gasteiger partial charge in [-0.2, -0.15) is 0 Å². The zero-order valence-corrected chi connectivity index (χ0v) is 13.5. The molecule has 0 fully saturated rings. The van der Waals surface area contributed by atoms with Crippen LogP contribution < -0.4 is 17.2 Å². The first kappa shape index (κ1) is 17.0. The molecule has 6 nitrogen and oxygen atoms in total. The van der Waals surface area contributed by atoms with E-state index in [1.54, 1.807) is 9.59 Å². The summed E-state index contributed by atoms with van der Waals surface area (Å²) >= 11 is 1.09. The molecule has 1 N–H and O–H groups in total. The van der Waals surface area contributed by atoms with E-state index < -0.39 is 5.97 Å². The quantitative estimate of drug-likeness (QED) is 0.459. The molecule has 0 saturated carbocycles. The number of hydrogen-bond donors (Lipinski definition) is 1. The minimum atomic E-state index is -0.896. The Morgan fingerprint density at radius 2 is 1.70 bits per heavy atom. The molecule has 3 aromatic rings. The molecular weight excluding hydrogens is 336 g/mol. The molecule has 0 saturated heterocycles. The molecule has 1 aromatic heterocycles. The van der Waals surface area contributed by atoms with Gasteiger partial charge >= 0.3 is 11.1 Å². The Hall–Kier alpha value is -2.38. The number of rotatable bonds is 5. The molecule has 3 rings (SSSR count).